The number of carbonyl (C=O) groups is 1. The van der Waals surface area contributed by atoms with Crippen molar-refractivity contribution in [3.63, 3.8) is 0 Å². The van der Waals surface area contributed by atoms with E-state index in [1.807, 2.05) is 6.92 Å². The highest BCUT2D eigenvalue weighted by atomic mass is 16.4. The monoisotopic (exact) mass is 236 g/mol. The molecule has 1 atom stereocenters. The maximum atomic E-state index is 12.0. The molecule has 1 unspecified atom stereocenters. The van der Waals surface area contributed by atoms with Gasteiger partial charge in [0.1, 0.15) is 0 Å². The Hall–Kier alpha value is -1.43. The van der Waals surface area contributed by atoms with Crippen LogP contribution in [0.1, 0.15) is 44.4 Å². The maximum absolute atomic E-state index is 12.0. The molecule has 6 nitrogen and oxygen atoms in total. The summed E-state index contributed by atoms with van der Waals surface area (Å²) in [6.07, 6.45) is 4.06. The summed E-state index contributed by atoms with van der Waals surface area (Å²) in [6, 6.07) is 0.215. The molecule has 92 valence electrons. The van der Waals surface area contributed by atoms with Gasteiger partial charge in [-0.2, -0.15) is 0 Å². The van der Waals surface area contributed by atoms with Crippen LogP contribution in [-0.4, -0.2) is 28.2 Å². The highest BCUT2D eigenvalue weighted by molar-refractivity contribution is 5.96. The Labute approximate surface area is 99.2 Å². The van der Waals surface area contributed by atoms with Crippen molar-refractivity contribution in [2.45, 2.75) is 44.1 Å². The summed E-state index contributed by atoms with van der Waals surface area (Å²) in [7, 11) is 0. The lowest BCUT2D eigenvalue weighted by Crippen LogP contribution is -2.48. The molecule has 1 aromatic rings. The van der Waals surface area contributed by atoms with Gasteiger partial charge < -0.3 is 9.73 Å². The van der Waals surface area contributed by atoms with Crippen LogP contribution in [0, 0.1) is 0 Å². The predicted molar refractivity (Wildman–Crippen MR) is 60.5 cm³/mol. The highest BCUT2D eigenvalue weighted by Gasteiger charge is 2.37. The highest BCUT2D eigenvalue weighted by Crippen LogP contribution is 2.39. The van der Waals surface area contributed by atoms with Gasteiger partial charge in [0.25, 0.3) is 0 Å². The molecule has 1 aliphatic carbocycles. The smallest absolute Gasteiger partial charge is 0.322 e. The van der Waals surface area contributed by atoms with Gasteiger partial charge in [0, 0.05) is 5.92 Å². The quantitative estimate of drug-likeness (QED) is 0.819. The number of carbonyl (C=O) groups excluding carboxylic acids is 1. The van der Waals surface area contributed by atoms with Crippen molar-refractivity contribution in [3.8, 4) is 0 Å². The molecule has 1 saturated carbocycles. The zero-order chi connectivity index (χ0) is 11.9. The van der Waals surface area contributed by atoms with E-state index in [4.69, 9.17) is 4.42 Å². The van der Waals surface area contributed by atoms with Crippen molar-refractivity contribution in [2.24, 2.45) is 0 Å². The van der Waals surface area contributed by atoms with Gasteiger partial charge in [0.05, 0.1) is 5.54 Å². The minimum atomic E-state index is -0.506. The standard InChI is InChI=1S/C11H16N4O2/c1-11(5-2-6-12-11)9(16)13-10-15-14-8(17-10)7-3-4-7/h7,12H,2-6H2,1H3,(H,13,15,16). The molecule has 1 aromatic heterocycles. The van der Waals surface area contributed by atoms with E-state index in [0.29, 0.717) is 11.8 Å². The molecule has 2 heterocycles. The normalized spacial score (nSPS) is 28.3. The average molecular weight is 236 g/mol. The Morgan fingerprint density at radius 2 is 2.35 bits per heavy atom. The first-order valence-electron chi connectivity index (χ1n) is 6.07. The van der Waals surface area contributed by atoms with E-state index in [-0.39, 0.29) is 11.9 Å². The van der Waals surface area contributed by atoms with Crippen molar-refractivity contribution >= 4 is 11.9 Å². The van der Waals surface area contributed by atoms with Gasteiger partial charge in [-0.1, -0.05) is 5.10 Å². The Morgan fingerprint density at radius 3 is 3.00 bits per heavy atom. The first kappa shape index (κ1) is 10.7. The van der Waals surface area contributed by atoms with E-state index in [0.717, 1.165) is 32.2 Å². The van der Waals surface area contributed by atoms with Gasteiger partial charge in [-0.15, -0.1) is 5.10 Å². The van der Waals surface area contributed by atoms with E-state index in [2.05, 4.69) is 20.8 Å². The third-order valence-corrected chi connectivity index (χ3v) is 3.46. The number of amides is 1. The minimum Gasteiger partial charge on any atom is -0.408 e. The first-order valence-corrected chi connectivity index (χ1v) is 6.07. The molecule has 0 bridgehead atoms. The molecule has 17 heavy (non-hydrogen) atoms. The molecular formula is C11H16N4O2. The van der Waals surface area contributed by atoms with Gasteiger partial charge in [0.15, 0.2) is 0 Å². The lowest BCUT2D eigenvalue weighted by molar-refractivity contribution is -0.121. The summed E-state index contributed by atoms with van der Waals surface area (Å²) in [6.45, 7) is 2.77. The molecule has 0 radical (unpaired) electrons. The van der Waals surface area contributed by atoms with E-state index >= 15 is 0 Å². The van der Waals surface area contributed by atoms with Crippen molar-refractivity contribution < 1.29 is 9.21 Å². The summed E-state index contributed by atoms with van der Waals surface area (Å²) in [5.41, 5.74) is -0.506. The van der Waals surface area contributed by atoms with Crippen molar-refractivity contribution in [1.82, 2.24) is 15.5 Å². The van der Waals surface area contributed by atoms with Crippen LogP contribution in [0.2, 0.25) is 0 Å². The lowest BCUT2D eigenvalue weighted by atomic mass is 10.00. The Kier molecular flexibility index (Phi) is 2.39. The van der Waals surface area contributed by atoms with Crippen LogP contribution >= 0.6 is 0 Å². The topological polar surface area (TPSA) is 80.1 Å². The molecule has 6 heteroatoms. The molecule has 1 amide bonds. The predicted octanol–water partition coefficient (Wildman–Crippen LogP) is 1.03. The largest absolute Gasteiger partial charge is 0.408 e. The Bertz CT molecular complexity index is 432. The third-order valence-electron chi connectivity index (χ3n) is 3.46. The number of hydrogen-bond acceptors (Lipinski definition) is 5. The number of anilines is 1. The molecule has 0 aromatic carbocycles. The summed E-state index contributed by atoms with van der Waals surface area (Å²) >= 11 is 0. The number of hydrogen-bond donors (Lipinski definition) is 2. The summed E-state index contributed by atoms with van der Waals surface area (Å²) in [4.78, 5) is 12.0. The van der Waals surface area contributed by atoms with Crippen LogP contribution in [0.25, 0.3) is 0 Å². The maximum Gasteiger partial charge on any atom is 0.322 e. The molecule has 0 spiro atoms. The zero-order valence-corrected chi connectivity index (χ0v) is 9.82. The van der Waals surface area contributed by atoms with E-state index in [9.17, 15) is 4.79 Å². The minimum absolute atomic E-state index is 0.0963. The summed E-state index contributed by atoms with van der Waals surface area (Å²) in [5.74, 6) is 0.958. The van der Waals surface area contributed by atoms with Crippen LogP contribution < -0.4 is 10.6 Å². The number of nitrogens with one attached hydrogen (secondary N) is 2. The van der Waals surface area contributed by atoms with Gasteiger partial charge >= 0.3 is 6.01 Å². The van der Waals surface area contributed by atoms with Gasteiger partial charge in [-0.3, -0.25) is 10.1 Å². The van der Waals surface area contributed by atoms with Crippen LogP contribution in [0.5, 0.6) is 0 Å². The summed E-state index contributed by atoms with van der Waals surface area (Å²) < 4.78 is 5.40. The molecule has 2 aliphatic rings. The Balaban J connectivity index is 1.66. The second-order valence-electron chi connectivity index (χ2n) is 5.04. The van der Waals surface area contributed by atoms with Crippen LogP contribution in [0.4, 0.5) is 6.01 Å². The van der Waals surface area contributed by atoms with Gasteiger partial charge in [-0.05, 0) is 39.2 Å². The van der Waals surface area contributed by atoms with Gasteiger partial charge in [-0.25, -0.2) is 0 Å². The van der Waals surface area contributed by atoms with E-state index in [1.54, 1.807) is 0 Å². The third kappa shape index (κ3) is 2.04. The number of rotatable bonds is 3. The van der Waals surface area contributed by atoms with Crippen molar-refractivity contribution in [1.29, 1.82) is 0 Å². The molecule has 1 aliphatic heterocycles. The SMILES string of the molecule is CC1(C(=O)Nc2nnc(C3CC3)o2)CCCN1. The average Bonchev–Trinajstić information content (AvgIpc) is 2.89. The molecule has 1 saturated heterocycles. The molecule has 3 rings (SSSR count). The van der Waals surface area contributed by atoms with Gasteiger partial charge in [0.2, 0.25) is 11.8 Å². The van der Waals surface area contributed by atoms with Crippen LogP contribution in [0.3, 0.4) is 0 Å². The van der Waals surface area contributed by atoms with E-state index in [1.165, 1.54) is 0 Å². The lowest BCUT2D eigenvalue weighted by Gasteiger charge is -2.21. The van der Waals surface area contributed by atoms with Crippen molar-refractivity contribution in [3.05, 3.63) is 5.89 Å². The fourth-order valence-electron chi connectivity index (χ4n) is 2.10. The second kappa shape index (κ2) is 3.80. The fourth-order valence-corrected chi connectivity index (χ4v) is 2.10. The molecular weight excluding hydrogens is 220 g/mol. The van der Waals surface area contributed by atoms with Crippen molar-refractivity contribution in [2.75, 3.05) is 11.9 Å². The molecule has 2 fully saturated rings. The number of aromatic nitrogens is 2. The first-order chi connectivity index (χ1) is 8.17. The Morgan fingerprint density at radius 1 is 1.53 bits per heavy atom. The fraction of sp³-hybridized carbons (Fsp3) is 0.727. The van der Waals surface area contributed by atoms with E-state index < -0.39 is 5.54 Å². The van der Waals surface area contributed by atoms with Crippen LogP contribution in [-0.2, 0) is 4.79 Å². The molecule has 2 N–H and O–H groups in total. The number of nitrogens with zero attached hydrogens (tertiary/aromatic N) is 2. The zero-order valence-electron chi connectivity index (χ0n) is 9.82. The second-order valence-corrected chi connectivity index (χ2v) is 5.04. The van der Waals surface area contributed by atoms with Crippen LogP contribution in [0.15, 0.2) is 4.42 Å². The summed E-state index contributed by atoms with van der Waals surface area (Å²) in [5, 5.41) is 13.7.